The van der Waals surface area contributed by atoms with Crippen LogP contribution < -0.4 is 5.73 Å². The van der Waals surface area contributed by atoms with Gasteiger partial charge in [-0.3, -0.25) is 9.59 Å². The molecule has 2 unspecified atom stereocenters. The van der Waals surface area contributed by atoms with Crippen molar-refractivity contribution in [3.05, 3.63) is 0 Å². The van der Waals surface area contributed by atoms with Gasteiger partial charge in [0.05, 0.1) is 5.92 Å². The number of carbonyl (C=O) groups excluding carboxylic acids is 1. The Balaban J connectivity index is 2.25. The molecule has 3 N–H and O–H groups in total. The number of aliphatic carboxylic acids is 1. The molecule has 1 amide bonds. The number of nitrogens with two attached hydrogens (primary N) is 1. The van der Waals surface area contributed by atoms with Gasteiger partial charge in [0, 0.05) is 19.5 Å². The average molecular weight is 256 g/mol. The Morgan fingerprint density at radius 3 is 2.44 bits per heavy atom. The van der Waals surface area contributed by atoms with Crippen LogP contribution in [0.15, 0.2) is 0 Å². The van der Waals surface area contributed by atoms with Crippen molar-refractivity contribution in [1.82, 2.24) is 4.90 Å². The average Bonchev–Trinajstić information content (AvgIpc) is 2.71. The molecule has 0 aromatic heterocycles. The van der Waals surface area contributed by atoms with E-state index in [1.54, 1.807) is 4.90 Å². The zero-order valence-corrected chi connectivity index (χ0v) is 11.1. The summed E-state index contributed by atoms with van der Waals surface area (Å²) >= 11 is 0. The van der Waals surface area contributed by atoms with Crippen molar-refractivity contribution in [1.29, 1.82) is 0 Å². The summed E-state index contributed by atoms with van der Waals surface area (Å²) in [5.41, 5.74) is 5.40. The lowest BCUT2D eigenvalue weighted by Gasteiger charge is -2.15. The maximum atomic E-state index is 11.9. The van der Waals surface area contributed by atoms with E-state index in [-0.39, 0.29) is 11.8 Å². The van der Waals surface area contributed by atoms with Gasteiger partial charge in [-0.25, -0.2) is 0 Å². The lowest BCUT2D eigenvalue weighted by molar-refractivity contribution is -0.142. The molecule has 2 atom stereocenters. The summed E-state index contributed by atoms with van der Waals surface area (Å²) < 4.78 is 0. The molecule has 18 heavy (non-hydrogen) atoms. The second kappa shape index (κ2) is 7.36. The minimum atomic E-state index is -0.791. The van der Waals surface area contributed by atoms with E-state index in [1.165, 1.54) is 0 Å². The summed E-state index contributed by atoms with van der Waals surface area (Å²) in [4.78, 5) is 24.6. The SMILES string of the molecule is CC1CN(C(=O)CCCCCCN)CC1C(=O)O. The normalized spacial score (nSPS) is 23.3. The number of nitrogens with zero attached hydrogens (tertiary/aromatic N) is 1. The molecule has 1 rings (SSSR count). The van der Waals surface area contributed by atoms with E-state index < -0.39 is 11.9 Å². The highest BCUT2D eigenvalue weighted by atomic mass is 16.4. The largest absolute Gasteiger partial charge is 0.481 e. The van der Waals surface area contributed by atoms with Gasteiger partial charge in [0.15, 0.2) is 0 Å². The Bertz CT molecular complexity index is 294. The van der Waals surface area contributed by atoms with Crippen molar-refractivity contribution in [2.45, 2.75) is 39.0 Å². The minimum Gasteiger partial charge on any atom is -0.481 e. The van der Waals surface area contributed by atoms with E-state index in [1.807, 2.05) is 6.92 Å². The third kappa shape index (κ3) is 4.29. The predicted molar refractivity (Wildman–Crippen MR) is 69.0 cm³/mol. The number of hydrogen-bond acceptors (Lipinski definition) is 3. The number of unbranched alkanes of at least 4 members (excludes halogenated alkanes) is 3. The molecule has 0 spiro atoms. The lowest BCUT2D eigenvalue weighted by atomic mass is 9.99. The third-order valence-corrected chi connectivity index (χ3v) is 3.63. The van der Waals surface area contributed by atoms with Crippen LogP contribution in [0.1, 0.15) is 39.0 Å². The van der Waals surface area contributed by atoms with Gasteiger partial charge in [0.25, 0.3) is 0 Å². The van der Waals surface area contributed by atoms with Crippen LogP contribution in [0.4, 0.5) is 0 Å². The van der Waals surface area contributed by atoms with Crippen LogP contribution in [0.25, 0.3) is 0 Å². The topological polar surface area (TPSA) is 83.6 Å². The summed E-state index contributed by atoms with van der Waals surface area (Å²) in [7, 11) is 0. The molecule has 0 aliphatic carbocycles. The first-order valence-electron chi connectivity index (χ1n) is 6.77. The fraction of sp³-hybridized carbons (Fsp3) is 0.846. The van der Waals surface area contributed by atoms with Crippen molar-refractivity contribution in [3.63, 3.8) is 0 Å². The van der Waals surface area contributed by atoms with Crippen molar-refractivity contribution in [2.24, 2.45) is 17.6 Å². The maximum Gasteiger partial charge on any atom is 0.308 e. The molecule has 0 aromatic carbocycles. The summed E-state index contributed by atoms with van der Waals surface area (Å²) in [6.07, 6.45) is 4.51. The Labute approximate surface area is 108 Å². The smallest absolute Gasteiger partial charge is 0.308 e. The number of carbonyl (C=O) groups is 2. The van der Waals surface area contributed by atoms with E-state index in [0.717, 1.165) is 25.7 Å². The Kier molecular flexibility index (Phi) is 6.12. The first kappa shape index (κ1) is 15.0. The standard InChI is InChI=1S/C13H24N2O3/c1-10-8-15(9-11(10)13(17)18)12(16)6-4-2-3-5-7-14/h10-11H,2-9,14H2,1H3,(H,17,18). The zero-order valence-electron chi connectivity index (χ0n) is 11.1. The summed E-state index contributed by atoms with van der Waals surface area (Å²) in [5, 5.41) is 9.01. The van der Waals surface area contributed by atoms with Crippen LogP contribution in [0, 0.1) is 11.8 Å². The maximum absolute atomic E-state index is 11.9. The molecule has 0 aromatic rings. The predicted octanol–water partition coefficient (Wildman–Crippen LogP) is 1.07. The molecule has 0 radical (unpaired) electrons. The molecular weight excluding hydrogens is 232 g/mol. The second-order valence-corrected chi connectivity index (χ2v) is 5.17. The highest BCUT2D eigenvalue weighted by Gasteiger charge is 2.36. The van der Waals surface area contributed by atoms with E-state index in [2.05, 4.69) is 0 Å². The van der Waals surface area contributed by atoms with Crippen molar-refractivity contribution >= 4 is 11.9 Å². The van der Waals surface area contributed by atoms with Gasteiger partial charge >= 0.3 is 5.97 Å². The van der Waals surface area contributed by atoms with Crippen LogP contribution in [-0.4, -0.2) is 41.5 Å². The van der Waals surface area contributed by atoms with Crippen LogP contribution in [0.5, 0.6) is 0 Å². The van der Waals surface area contributed by atoms with Gasteiger partial charge in [-0.15, -0.1) is 0 Å². The zero-order chi connectivity index (χ0) is 13.5. The fourth-order valence-electron chi connectivity index (χ4n) is 2.42. The van der Waals surface area contributed by atoms with Crippen LogP contribution >= 0.6 is 0 Å². The van der Waals surface area contributed by atoms with E-state index >= 15 is 0 Å². The van der Waals surface area contributed by atoms with Gasteiger partial charge in [0.2, 0.25) is 5.91 Å². The number of hydrogen-bond donors (Lipinski definition) is 2. The molecule has 5 nitrogen and oxygen atoms in total. The van der Waals surface area contributed by atoms with Crippen molar-refractivity contribution in [2.75, 3.05) is 19.6 Å². The number of amides is 1. The van der Waals surface area contributed by atoms with Gasteiger partial charge < -0.3 is 15.7 Å². The highest BCUT2D eigenvalue weighted by molar-refractivity contribution is 5.78. The number of rotatable bonds is 7. The van der Waals surface area contributed by atoms with Crippen LogP contribution in [0.3, 0.4) is 0 Å². The number of carboxylic acid groups (broad SMARTS) is 1. The molecule has 1 aliphatic heterocycles. The van der Waals surface area contributed by atoms with Gasteiger partial charge in [-0.2, -0.15) is 0 Å². The first-order valence-corrected chi connectivity index (χ1v) is 6.77. The molecule has 1 aliphatic rings. The second-order valence-electron chi connectivity index (χ2n) is 5.17. The van der Waals surface area contributed by atoms with Crippen molar-refractivity contribution in [3.8, 4) is 0 Å². The van der Waals surface area contributed by atoms with E-state index in [4.69, 9.17) is 10.8 Å². The Morgan fingerprint density at radius 1 is 1.22 bits per heavy atom. The van der Waals surface area contributed by atoms with Gasteiger partial charge in [-0.1, -0.05) is 19.8 Å². The lowest BCUT2D eigenvalue weighted by Crippen LogP contribution is -2.29. The molecule has 0 saturated carbocycles. The fourth-order valence-corrected chi connectivity index (χ4v) is 2.42. The highest BCUT2D eigenvalue weighted by Crippen LogP contribution is 2.24. The molecule has 1 fully saturated rings. The Morgan fingerprint density at radius 2 is 1.89 bits per heavy atom. The van der Waals surface area contributed by atoms with Gasteiger partial charge in [-0.05, 0) is 25.3 Å². The third-order valence-electron chi connectivity index (χ3n) is 3.63. The number of carboxylic acids is 1. The molecular formula is C13H24N2O3. The summed E-state index contributed by atoms with van der Waals surface area (Å²) in [6.45, 7) is 3.56. The molecule has 1 saturated heterocycles. The van der Waals surface area contributed by atoms with Crippen molar-refractivity contribution < 1.29 is 14.7 Å². The minimum absolute atomic E-state index is 0.0590. The molecule has 5 heteroatoms. The van der Waals surface area contributed by atoms with Gasteiger partial charge in [0.1, 0.15) is 0 Å². The van der Waals surface area contributed by atoms with Crippen LogP contribution in [-0.2, 0) is 9.59 Å². The molecule has 104 valence electrons. The first-order chi connectivity index (χ1) is 8.56. The van der Waals surface area contributed by atoms with E-state index in [9.17, 15) is 9.59 Å². The summed E-state index contributed by atoms with van der Waals surface area (Å²) in [6, 6.07) is 0. The van der Waals surface area contributed by atoms with E-state index in [0.29, 0.717) is 26.1 Å². The Hall–Kier alpha value is -1.10. The molecule has 0 bridgehead atoms. The van der Waals surface area contributed by atoms with Crippen LogP contribution in [0.2, 0.25) is 0 Å². The molecule has 1 heterocycles. The quantitative estimate of drug-likeness (QED) is 0.667. The monoisotopic (exact) mass is 256 g/mol. The summed E-state index contributed by atoms with van der Waals surface area (Å²) in [5.74, 6) is -1.03. The number of likely N-dealkylation sites (tertiary alicyclic amines) is 1.